The Morgan fingerprint density at radius 1 is 0.926 bits per heavy atom. The molecule has 0 heterocycles. The average Bonchev–Trinajstić information content (AvgIpc) is 3.21. The Balaban J connectivity index is 1.29. The largest absolute Gasteiger partial charge is 0.0891 e. The third kappa shape index (κ3) is 3.26. The Kier molecular flexibility index (Phi) is 5.03. The Morgan fingerprint density at radius 2 is 1.78 bits per heavy atom. The number of alkyl halides is 1. The molecule has 4 aliphatic rings. The minimum absolute atomic E-state index is 0.669. The minimum Gasteiger partial charge on any atom is -0.0891 e. The van der Waals surface area contributed by atoms with Gasteiger partial charge >= 0.3 is 0 Å². The van der Waals surface area contributed by atoms with E-state index in [2.05, 4.69) is 66.2 Å². The molecule has 5 rings (SSSR count). The van der Waals surface area contributed by atoms with Crippen molar-refractivity contribution < 1.29 is 0 Å². The summed E-state index contributed by atoms with van der Waals surface area (Å²) in [5.74, 6) is 7.59. The number of benzene rings is 1. The summed E-state index contributed by atoms with van der Waals surface area (Å²) < 4.78 is 0. The Morgan fingerprint density at radius 3 is 2.67 bits per heavy atom. The van der Waals surface area contributed by atoms with Crippen LogP contribution in [0.25, 0.3) is 6.08 Å². The third-order valence-corrected chi connectivity index (χ3v) is 9.92. The van der Waals surface area contributed by atoms with E-state index in [0.29, 0.717) is 5.92 Å². The van der Waals surface area contributed by atoms with Crippen LogP contribution in [-0.2, 0) is 0 Å². The second-order valence-corrected chi connectivity index (χ2v) is 11.6. The van der Waals surface area contributed by atoms with Crippen molar-refractivity contribution >= 4 is 22.0 Å². The summed E-state index contributed by atoms with van der Waals surface area (Å²) >= 11 is 3.95. The lowest BCUT2D eigenvalue weighted by Crippen LogP contribution is -2.41. The van der Waals surface area contributed by atoms with Crippen LogP contribution < -0.4 is 0 Å². The SMILES string of the molecule is CC1CC2C(C)C3CCC(Br)CC3CC2C1CCC1C=Cc2ccccc21. The molecule has 0 nitrogen and oxygen atoms in total. The first-order chi connectivity index (χ1) is 13.1. The van der Waals surface area contributed by atoms with E-state index in [4.69, 9.17) is 0 Å². The summed E-state index contributed by atoms with van der Waals surface area (Å²) in [6.07, 6.45) is 15.0. The molecule has 0 amide bonds. The Labute approximate surface area is 174 Å². The number of hydrogen-bond acceptors (Lipinski definition) is 0. The molecule has 4 aliphatic carbocycles. The van der Waals surface area contributed by atoms with Crippen LogP contribution in [0.15, 0.2) is 30.3 Å². The van der Waals surface area contributed by atoms with Gasteiger partial charge in [-0.3, -0.25) is 0 Å². The molecule has 146 valence electrons. The molecule has 0 N–H and O–H groups in total. The highest BCUT2D eigenvalue weighted by Crippen LogP contribution is 2.59. The fourth-order valence-corrected chi connectivity index (χ4v) is 8.52. The number of hydrogen-bond donors (Lipinski definition) is 0. The molecule has 0 bridgehead atoms. The van der Waals surface area contributed by atoms with E-state index in [1.165, 1.54) is 50.5 Å². The molecule has 9 atom stereocenters. The molecule has 0 spiro atoms. The molecule has 9 unspecified atom stereocenters. The highest BCUT2D eigenvalue weighted by atomic mass is 79.9. The average molecular weight is 427 g/mol. The first kappa shape index (κ1) is 18.5. The van der Waals surface area contributed by atoms with Crippen molar-refractivity contribution in [3.8, 4) is 0 Å². The van der Waals surface area contributed by atoms with Gasteiger partial charge in [-0.05, 0) is 97.5 Å². The van der Waals surface area contributed by atoms with Crippen LogP contribution in [0, 0.1) is 41.4 Å². The van der Waals surface area contributed by atoms with Crippen LogP contribution in [-0.4, -0.2) is 4.83 Å². The number of allylic oxidation sites excluding steroid dienone is 1. The maximum absolute atomic E-state index is 3.95. The van der Waals surface area contributed by atoms with E-state index < -0.39 is 0 Å². The van der Waals surface area contributed by atoms with Crippen molar-refractivity contribution in [2.45, 2.75) is 69.5 Å². The Bertz CT molecular complexity index is 704. The zero-order chi connectivity index (χ0) is 18.5. The van der Waals surface area contributed by atoms with Gasteiger partial charge in [0.15, 0.2) is 0 Å². The monoisotopic (exact) mass is 426 g/mol. The summed E-state index contributed by atoms with van der Waals surface area (Å²) in [5.41, 5.74) is 3.03. The van der Waals surface area contributed by atoms with Crippen LogP contribution in [0.4, 0.5) is 0 Å². The Hall–Kier alpha value is -0.560. The summed E-state index contributed by atoms with van der Waals surface area (Å²) in [6, 6.07) is 9.03. The zero-order valence-electron chi connectivity index (χ0n) is 17.0. The fourth-order valence-electron chi connectivity index (χ4n) is 7.78. The smallest absolute Gasteiger partial charge is 0.0148 e. The van der Waals surface area contributed by atoms with E-state index in [1.807, 2.05) is 0 Å². The van der Waals surface area contributed by atoms with Crippen molar-refractivity contribution in [3.05, 3.63) is 41.5 Å². The second-order valence-electron chi connectivity index (χ2n) is 10.3. The summed E-state index contributed by atoms with van der Waals surface area (Å²) in [6.45, 7) is 5.19. The molecule has 0 radical (unpaired) electrons. The fraction of sp³-hybridized carbons (Fsp3) is 0.692. The van der Waals surface area contributed by atoms with Crippen LogP contribution in [0.5, 0.6) is 0 Å². The maximum atomic E-state index is 3.95. The van der Waals surface area contributed by atoms with E-state index in [9.17, 15) is 0 Å². The van der Waals surface area contributed by atoms with Crippen LogP contribution in [0.2, 0.25) is 0 Å². The molecule has 1 heteroatoms. The van der Waals surface area contributed by atoms with Gasteiger partial charge in [0.25, 0.3) is 0 Å². The van der Waals surface area contributed by atoms with Crippen molar-refractivity contribution in [1.82, 2.24) is 0 Å². The van der Waals surface area contributed by atoms with Crippen LogP contribution in [0.1, 0.15) is 75.8 Å². The quantitative estimate of drug-likeness (QED) is 0.434. The van der Waals surface area contributed by atoms with E-state index in [1.54, 1.807) is 5.56 Å². The van der Waals surface area contributed by atoms with Gasteiger partial charge in [0.05, 0.1) is 0 Å². The van der Waals surface area contributed by atoms with Crippen LogP contribution in [0.3, 0.4) is 0 Å². The van der Waals surface area contributed by atoms with Gasteiger partial charge in [0, 0.05) is 10.7 Å². The van der Waals surface area contributed by atoms with Gasteiger partial charge < -0.3 is 0 Å². The molecule has 0 saturated heterocycles. The number of rotatable bonds is 3. The van der Waals surface area contributed by atoms with E-state index >= 15 is 0 Å². The number of fused-ring (bicyclic) bond motifs is 3. The molecule has 27 heavy (non-hydrogen) atoms. The zero-order valence-corrected chi connectivity index (χ0v) is 18.6. The maximum Gasteiger partial charge on any atom is 0.0148 e. The van der Waals surface area contributed by atoms with Gasteiger partial charge in [-0.25, -0.2) is 0 Å². The van der Waals surface area contributed by atoms with Crippen molar-refractivity contribution in [1.29, 1.82) is 0 Å². The van der Waals surface area contributed by atoms with E-state index in [0.717, 1.165) is 46.3 Å². The predicted octanol–water partition coefficient (Wildman–Crippen LogP) is 7.69. The molecular weight excluding hydrogens is 392 g/mol. The van der Waals surface area contributed by atoms with Gasteiger partial charge in [0.2, 0.25) is 0 Å². The van der Waals surface area contributed by atoms with Crippen molar-refractivity contribution in [2.24, 2.45) is 41.4 Å². The standard InChI is InChI=1S/C26H35Br/c1-16-13-25-17(2)23-12-10-21(27)14-20(23)15-26(25)22(16)11-9-19-8-7-18-5-3-4-6-24(18)19/h3-8,16-17,19-23,25-26H,9-15H2,1-2H3. The molecule has 1 aromatic carbocycles. The molecule has 3 fully saturated rings. The lowest BCUT2D eigenvalue weighted by atomic mass is 9.58. The minimum atomic E-state index is 0.669. The molecule has 1 aromatic rings. The molecule has 0 aromatic heterocycles. The first-order valence-electron chi connectivity index (χ1n) is 11.5. The van der Waals surface area contributed by atoms with Crippen LogP contribution >= 0.6 is 15.9 Å². The highest BCUT2D eigenvalue weighted by molar-refractivity contribution is 9.09. The topological polar surface area (TPSA) is 0 Å². The molecular formula is C26H35Br. The van der Waals surface area contributed by atoms with Crippen molar-refractivity contribution in [3.63, 3.8) is 0 Å². The second kappa shape index (κ2) is 7.36. The van der Waals surface area contributed by atoms with Gasteiger partial charge in [-0.15, -0.1) is 0 Å². The molecule has 3 saturated carbocycles. The van der Waals surface area contributed by atoms with Gasteiger partial charge in [-0.2, -0.15) is 0 Å². The lowest BCUT2D eigenvalue weighted by Gasteiger charge is -2.48. The highest BCUT2D eigenvalue weighted by Gasteiger charge is 2.51. The van der Waals surface area contributed by atoms with Gasteiger partial charge in [0.1, 0.15) is 0 Å². The van der Waals surface area contributed by atoms with Crippen molar-refractivity contribution in [2.75, 3.05) is 0 Å². The lowest BCUT2D eigenvalue weighted by molar-refractivity contribution is 0.0222. The summed E-state index contributed by atoms with van der Waals surface area (Å²) in [4.78, 5) is 0.792. The normalized spacial score (nSPS) is 45.4. The summed E-state index contributed by atoms with van der Waals surface area (Å²) in [7, 11) is 0. The third-order valence-electron chi connectivity index (χ3n) is 9.09. The van der Waals surface area contributed by atoms with E-state index in [-0.39, 0.29) is 0 Å². The number of halogens is 1. The molecule has 0 aliphatic heterocycles. The first-order valence-corrected chi connectivity index (χ1v) is 12.4. The predicted molar refractivity (Wildman–Crippen MR) is 119 cm³/mol. The summed E-state index contributed by atoms with van der Waals surface area (Å²) in [5, 5.41) is 0. The van der Waals surface area contributed by atoms with Gasteiger partial charge in [-0.1, -0.05) is 66.2 Å².